The van der Waals surface area contributed by atoms with Gasteiger partial charge in [0.1, 0.15) is 11.5 Å². The van der Waals surface area contributed by atoms with Gasteiger partial charge in [0.15, 0.2) is 17.8 Å². The lowest BCUT2D eigenvalue weighted by Crippen LogP contribution is -2.41. The summed E-state index contributed by atoms with van der Waals surface area (Å²) in [6.07, 6.45) is 0.759. The fraction of sp³-hybridized carbons (Fsp3) is 0.245. The first-order chi connectivity index (χ1) is 28.9. The summed E-state index contributed by atoms with van der Waals surface area (Å²) in [4.78, 5) is 15.4. The summed E-state index contributed by atoms with van der Waals surface area (Å²) in [6.45, 7) is 2.78. The van der Waals surface area contributed by atoms with Crippen LogP contribution in [0.5, 0.6) is 23.0 Å². The standard InChI is InChI=1S/C49H49N3O7/c1-55-46-26-37-24-25-52(30-39(37)27-47(46)56-2)31-43-28-45(35-14-12-33(32-53)13-15-35)59-48(58-43)36-18-16-34(17-19-36)44-11-7-6-8-38(44)29-50-49(54)51-40-20-22-42(23-21-40)57-41-9-4-3-5-10-41/h3-23,26-27,43,45,48,53H,24-25,28-32H2,1-2H3,(H2,50,51,54)/t43-,45+,48+/m0/s1. The van der Waals surface area contributed by atoms with Crippen LogP contribution in [0.1, 0.15) is 52.2 Å². The highest BCUT2D eigenvalue weighted by Crippen LogP contribution is 2.40. The van der Waals surface area contributed by atoms with E-state index in [2.05, 4.69) is 58.0 Å². The number of carbonyl (C=O) groups excluding carboxylic acids is 1. The molecule has 2 heterocycles. The van der Waals surface area contributed by atoms with Gasteiger partial charge < -0.3 is 39.4 Å². The highest BCUT2D eigenvalue weighted by molar-refractivity contribution is 5.89. The summed E-state index contributed by atoms with van der Waals surface area (Å²) in [5.74, 6) is 2.93. The first-order valence-corrected chi connectivity index (χ1v) is 20.0. The maximum atomic E-state index is 12.9. The van der Waals surface area contributed by atoms with E-state index in [1.54, 1.807) is 14.2 Å². The zero-order valence-corrected chi connectivity index (χ0v) is 33.3. The lowest BCUT2D eigenvalue weighted by Gasteiger charge is -2.39. The number of anilines is 1. The molecule has 2 aliphatic rings. The second kappa shape index (κ2) is 18.6. The Morgan fingerprint density at radius 3 is 2.17 bits per heavy atom. The third kappa shape index (κ3) is 9.76. The van der Waals surface area contributed by atoms with E-state index in [1.165, 1.54) is 11.1 Å². The van der Waals surface area contributed by atoms with Crippen LogP contribution in [0.4, 0.5) is 10.5 Å². The number of urea groups is 1. The van der Waals surface area contributed by atoms with Gasteiger partial charge in [-0.05, 0) is 93.9 Å². The Morgan fingerprint density at radius 1 is 0.763 bits per heavy atom. The third-order valence-corrected chi connectivity index (χ3v) is 10.9. The molecule has 1 fully saturated rings. The summed E-state index contributed by atoms with van der Waals surface area (Å²) in [5, 5.41) is 15.6. The molecule has 10 nitrogen and oxygen atoms in total. The van der Waals surface area contributed by atoms with Crippen molar-refractivity contribution in [3.05, 3.63) is 173 Å². The Balaban J connectivity index is 0.932. The number of aliphatic hydroxyl groups excluding tert-OH is 1. The van der Waals surface area contributed by atoms with Crippen LogP contribution < -0.4 is 24.8 Å². The Morgan fingerprint density at radius 2 is 1.44 bits per heavy atom. The molecule has 0 aliphatic carbocycles. The van der Waals surface area contributed by atoms with Gasteiger partial charge >= 0.3 is 6.03 Å². The van der Waals surface area contributed by atoms with E-state index in [4.69, 9.17) is 23.7 Å². The van der Waals surface area contributed by atoms with Crippen LogP contribution >= 0.6 is 0 Å². The summed E-state index contributed by atoms with van der Waals surface area (Å²) in [6, 6.07) is 45.1. The largest absolute Gasteiger partial charge is 0.493 e. The van der Waals surface area contributed by atoms with Crippen LogP contribution in [-0.4, -0.2) is 49.5 Å². The number of nitrogens with zero attached hydrogens (tertiary/aromatic N) is 1. The smallest absolute Gasteiger partial charge is 0.319 e. The maximum absolute atomic E-state index is 12.9. The number of nitrogens with one attached hydrogen (secondary N) is 2. The molecular formula is C49H49N3O7. The third-order valence-electron chi connectivity index (χ3n) is 10.9. The number of benzene rings is 6. The average molecular weight is 792 g/mol. The van der Waals surface area contributed by atoms with E-state index in [1.807, 2.05) is 97.1 Å². The summed E-state index contributed by atoms with van der Waals surface area (Å²) in [5.41, 5.74) is 9.04. The number of fused-ring (bicyclic) bond motifs is 1. The second-order valence-corrected chi connectivity index (χ2v) is 14.8. The van der Waals surface area contributed by atoms with Crippen molar-refractivity contribution in [2.24, 2.45) is 0 Å². The number of carbonyl (C=O) groups is 1. The van der Waals surface area contributed by atoms with Crippen LogP contribution in [0, 0.1) is 0 Å². The number of methoxy groups -OCH3 is 2. The van der Waals surface area contributed by atoms with Gasteiger partial charge in [0.05, 0.1) is 33.0 Å². The molecule has 2 amide bonds. The fourth-order valence-corrected chi connectivity index (χ4v) is 7.78. The zero-order chi connectivity index (χ0) is 40.6. The molecule has 0 radical (unpaired) electrons. The molecule has 0 aromatic heterocycles. The molecule has 3 atom stereocenters. The molecule has 0 spiro atoms. The number of aliphatic hydroxyl groups is 1. The highest BCUT2D eigenvalue weighted by atomic mass is 16.7. The van der Waals surface area contributed by atoms with Gasteiger partial charge in [-0.25, -0.2) is 4.79 Å². The monoisotopic (exact) mass is 791 g/mol. The van der Waals surface area contributed by atoms with E-state index < -0.39 is 6.29 Å². The van der Waals surface area contributed by atoms with E-state index in [9.17, 15) is 9.90 Å². The minimum Gasteiger partial charge on any atom is -0.493 e. The summed E-state index contributed by atoms with van der Waals surface area (Å²) < 4.78 is 30.5. The number of amides is 2. The van der Waals surface area contributed by atoms with Gasteiger partial charge in [-0.1, -0.05) is 91.0 Å². The number of hydrogen-bond acceptors (Lipinski definition) is 8. The van der Waals surface area contributed by atoms with Gasteiger partial charge in [-0.3, -0.25) is 4.90 Å². The van der Waals surface area contributed by atoms with Gasteiger partial charge in [0.2, 0.25) is 0 Å². The zero-order valence-electron chi connectivity index (χ0n) is 33.3. The van der Waals surface area contributed by atoms with Crippen molar-refractivity contribution >= 4 is 11.7 Å². The minimum absolute atomic E-state index is 0.00746. The molecule has 0 bridgehead atoms. The van der Waals surface area contributed by atoms with Crippen LogP contribution in [0.2, 0.25) is 0 Å². The van der Waals surface area contributed by atoms with E-state index in [0.29, 0.717) is 24.4 Å². The molecule has 10 heteroatoms. The summed E-state index contributed by atoms with van der Waals surface area (Å²) in [7, 11) is 3.34. The van der Waals surface area contributed by atoms with Crippen molar-refractivity contribution in [1.82, 2.24) is 10.2 Å². The Bertz CT molecular complexity index is 2320. The lowest BCUT2D eigenvalue weighted by atomic mass is 9.96. The quantitative estimate of drug-likeness (QED) is 0.106. The number of ether oxygens (including phenoxy) is 5. The van der Waals surface area contributed by atoms with Gasteiger partial charge in [0.25, 0.3) is 0 Å². The highest BCUT2D eigenvalue weighted by Gasteiger charge is 2.34. The van der Waals surface area contributed by atoms with Crippen LogP contribution in [0.3, 0.4) is 0 Å². The Hall–Kier alpha value is -6.17. The molecular weight excluding hydrogens is 743 g/mol. The maximum Gasteiger partial charge on any atom is 0.319 e. The van der Waals surface area contributed by atoms with E-state index >= 15 is 0 Å². The number of rotatable bonds is 13. The first kappa shape index (κ1) is 39.6. The molecule has 3 N–H and O–H groups in total. The van der Waals surface area contributed by atoms with Crippen molar-refractivity contribution in [2.75, 3.05) is 32.6 Å². The molecule has 0 saturated carbocycles. The van der Waals surface area contributed by atoms with E-state index in [-0.39, 0.29) is 24.8 Å². The molecule has 59 heavy (non-hydrogen) atoms. The van der Waals surface area contributed by atoms with E-state index in [0.717, 1.165) is 76.7 Å². The molecule has 8 rings (SSSR count). The SMILES string of the molecule is COc1cc2c(cc1OC)CN(C[C@@H]1C[C@H](c3ccc(CO)cc3)O[C@H](c3ccc(-c4ccccc4CNC(=O)Nc4ccc(Oc5ccccc5)cc4)cc3)O1)CC2. The van der Waals surface area contributed by atoms with Gasteiger partial charge in [0, 0.05) is 43.9 Å². The number of hydrogen-bond donors (Lipinski definition) is 3. The second-order valence-electron chi connectivity index (χ2n) is 14.8. The van der Waals surface area contributed by atoms with Crippen molar-refractivity contribution in [2.45, 2.75) is 51.0 Å². The molecule has 6 aromatic carbocycles. The van der Waals surface area contributed by atoms with Crippen LogP contribution in [0.25, 0.3) is 11.1 Å². The lowest BCUT2D eigenvalue weighted by molar-refractivity contribution is -0.253. The predicted molar refractivity (Wildman–Crippen MR) is 228 cm³/mol. The Kier molecular flexibility index (Phi) is 12.5. The average Bonchev–Trinajstić information content (AvgIpc) is 3.29. The molecule has 302 valence electrons. The van der Waals surface area contributed by atoms with Crippen molar-refractivity contribution in [1.29, 1.82) is 0 Å². The topological polar surface area (TPSA) is 111 Å². The van der Waals surface area contributed by atoms with Gasteiger partial charge in [-0.2, -0.15) is 0 Å². The van der Waals surface area contributed by atoms with Crippen molar-refractivity contribution in [3.63, 3.8) is 0 Å². The number of para-hydroxylation sites is 1. The normalized spacial score (nSPS) is 17.7. The summed E-state index contributed by atoms with van der Waals surface area (Å²) >= 11 is 0. The van der Waals surface area contributed by atoms with Crippen LogP contribution in [0.15, 0.2) is 140 Å². The Labute approximate surface area is 345 Å². The molecule has 2 aliphatic heterocycles. The van der Waals surface area contributed by atoms with Gasteiger partial charge in [-0.15, -0.1) is 0 Å². The van der Waals surface area contributed by atoms with Crippen LogP contribution in [-0.2, 0) is 35.6 Å². The molecule has 0 unspecified atom stereocenters. The van der Waals surface area contributed by atoms with Crippen molar-refractivity contribution in [3.8, 4) is 34.1 Å². The molecule has 1 saturated heterocycles. The van der Waals surface area contributed by atoms with Crippen molar-refractivity contribution < 1.29 is 33.6 Å². The first-order valence-electron chi connectivity index (χ1n) is 20.0. The fourth-order valence-electron chi connectivity index (χ4n) is 7.78. The molecule has 6 aromatic rings. The predicted octanol–water partition coefficient (Wildman–Crippen LogP) is 9.58. The minimum atomic E-state index is -0.577.